The van der Waals surface area contributed by atoms with Gasteiger partial charge in [-0.15, -0.1) is 0 Å². The van der Waals surface area contributed by atoms with Gasteiger partial charge in [0.1, 0.15) is 6.61 Å². The molecule has 0 bridgehead atoms. The van der Waals surface area contributed by atoms with E-state index in [4.69, 9.17) is 4.74 Å². The van der Waals surface area contributed by atoms with Gasteiger partial charge in [-0.1, -0.05) is 12.5 Å². The molecule has 1 aliphatic rings. The van der Waals surface area contributed by atoms with E-state index >= 15 is 0 Å². The van der Waals surface area contributed by atoms with E-state index in [0.29, 0.717) is 6.42 Å². The Morgan fingerprint density at radius 1 is 1.44 bits per heavy atom. The van der Waals surface area contributed by atoms with Gasteiger partial charge in [-0.05, 0) is 45.6 Å². The van der Waals surface area contributed by atoms with Crippen LogP contribution in [0.25, 0.3) is 0 Å². The Hall–Kier alpha value is -0.870. The average molecular weight is 256 g/mol. The summed E-state index contributed by atoms with van der Waals surface area (Å²) in [5.74, 6) is -0.952. The van der Waals surface area contributed by atoms with Crippen molar-refractivity contribution in [2.24, 2.45) is 11.8 Å². The zero-order valence-corrected chi connectivity index (χ0v) is 11.6. The second-order valence-corrected chi connectivity index (χ2v) is 5.78. The van der Waals surface area contributed by atoms with Gasteiger partial charge < -0.3 is 14.9 Å². The maximum atomic E-state index is 11.7. The van der Waals surface area contributed by atoms with Gasteiger partial charge >= 0.3 is 5.97 Å². The standard InChI is InChI=1S/C14H24O4/c1-9-5-6-18-13(16)11(3)12(15)14(4,17)8-10(2)7-9/h5,10-12,15,17H,6-8H2,1-4H3/b9-5+/t10?,11-,12+,14+/m1/s1. The molecule has 1 rings (SSSR count). The van der Waals surface area contributed by atoms with Crippen molar-refractivity contribution in [2.75, 3.05) is 6.61 Å². The highest BCUT2D eigenvalue weighted by atomic mass is 16.5. The van der Waals surface area contributed by atoms with Crippen LogP contribution in [0.2, 0.25) is 0 Å². The third-order valence-corrected chi connectivity index (χ3v) is 3.57. The summed E-state index contributed by atoms with van der Waals surface area (Å²) in [7, 11) is 0. The lowest BCUT2D eigenvalue weighted by molar-refractivity contribution is -0.160. The Balaban J connectivity index is 2.94. The van der Waals surface area contributed by atoms with Crippen molar-refractivity contribution < 1.29 is 19.7 Å². The first kappa shape index (κ1) is 15.2. The first-order valence-corrected chi connectivity index (χ1v) is 6.46. The average Bonchev–Trinajstić information content (AvgIpc) is 2.25. The maximum absolute atomic E-state index is 11.7. The highest BCUT2D eigenvalue weighted by molar-refractivity contribution is 5.73. The Bertz CT molecular complexity index is 333. The molecule has 4 atom stereocenters. The van der Waals surface area contributed by atoms with Crippen LogP contribution in [0.1, 0.15) is 40.5 Å². The van der Waals surface area contributed by atoms with Crippen molar-refractivity contribution in [2.45, 2.75) is 52.2 Å². The number of aliphatic hydroxyl groups is 2. The SMILES string of the molecule is C/C1=C\COC(=O)[C@H](C)[C@H](O)[C@@](C)(O)CC(C)C1. The molecule has 0 radical (unpaired) electrons. The Morgan fingerprint density at radius 3 is 2.67 bits per heavy atom. The van der Waals surface area contributed by atoms with E-state index in [1.54, 1.807) is 13.8 Å². The molecule has 104 valence electrons. The lowest BCUT2D eigenvalue weighted by Gasteiger charge is -2.34. The lowest BCUT2D eigenvalue weighted by Crippen LogP contribution is -2.47. The van der Waals surface area contributed by atoms with Crippen molar-refractivity contribution in [3.63, 3.8) is 0 Å². The molecule has 1 heterocycles. The second-order valence-electron chi connectivity index (χ2n) is 5.78. The second kappa shape index (κ2) is 5.85. The number of esters is 1. The summed E-state index contributed by atoms with van der Waals surface area (Å²) in [5.41, 5.74) is -0.141. The molecule has 0 saturated carbocycles. The smallest absolute Gasteiger partial charge is 0.311 e. The van der Waals surface area contributed by atoms with Crippen molar-refractivity contribution >= 4 is 5.97 Å². The molecule has 4 nitrogen and oxygen atoms in total. The first-order chi connectivity index (χ1) is 8.24. The molecular formula is C14H24O4. The fourth-order valence-corrected chi connectivity index (χ4v) is 2.60. The Labute approximate surface area is 109 Å². The molecular weight excluding hydrogens is 232 g/mol. The summed E-state index contributed by atoms with van der Waals surface area (Å²) in [5, 5.41) is 20.4. The van der Waals surface area contributed by atoms with Gasteiger partial charge in [-0.3, -0.25) is 4.79 Å². The van der Waals surface area contributed by atoms with Crippen LogP contribution in [0.5, 0.6) is 0 Å². The number of cyclic esters (lactones) is 1. The van der Waals surface area contributed by atoms with Gasteiger partial charge in [0.25, 0.3) is 0 Å². The molecule has 1 aliphatic heterocycles. The topological polar surface area (TPSA) is 66.8 Å². The molecule has 0 spiro atoms. The summed E-state index contributed by atoms with van der Waals surface area (Å²) in [4.78, 5) is 11.7. The van der Waals surface area contributed by atoms with Gasteiger partial charge in [-0.25, -0.2) is 0 Å². The molecule has 0 aromatic carbocycles. The van der Waals surface area contributed by atoms with Gasteiger partial charge in [-0.2, -0.15) is 0 Å². The van der Waals surface area contributed by atoms with Crippen LogP contribution in [0, 0.1) is 11.8 Å². The first-order valence-electron chi connectivity index (χ1n) is 6.46. The Kier molecular flexibility index (Phi) is 4.93. The molecule has 2 N–H and O–H groups in total. The highest BCUT2D eigenvalue weighted by Gasteiger charge is 2.39. The van der Waals surface area contributed by atoms with E-state index in [9.17, 15) is 15.0 Å². The van der Waals surface area contributed by atoms with Crippen LogP contribution in [0.4, 0.5) is 0 Å². The minimum atomic E-state index is -1.28. The predicted molar refractivity (Wildman–Crippen MR) is 68.9 cm³/mol. The van der Waals surface area contributed by atoms with E-state index in [2.05, 4.69) is 0 Å². The molecule has 18 heavy (non-hydrogen) atoms. The van der Waals surface area contributed by atoms with Crippen molar-refractivity contribution in [1.82, 2.24) is 0 Å². The maximum Gasteiger partial charge on any atom is 0.311 e. The molecule has 0 fully saturated rings. The highest BCUT2D eigenvalue weighted by Crippen LogP contribution is 2.29. The van der Waals surface area contributed by atoms with Crippen LogP contribution in [-0.4, -0.2) is 34.5 Å². The number of hydrogen-bond acceptors (Lipinski definition) is 4. The van der Waals surface area contributed by atoms with E-state index in [0.717, 1.165) is 12.0 Å². The van der Waals surface area contributed by atoms with Crippen LogP contribution in [0.3, 0.4) is 0 Å². The molecule has 0 saturated heterocycles. The summed E-state index contributed by atoms with van der Waals surface area (Å²) >= 11 is 0. The van der Waals surface area contributed by atoms with Gasteiger partial charge in [0.15, 0.2) is 0 Å². The molecule has 0 aromatic rings. The minimum Gasteiger partial charge on any atom is -0.461 e. The summed E-state index contributed by atoms with van der Waals surface area (Å²) < 4.78 is 5.07. The third-order valence-electron chi connectivity index (χ3n) is 3.57. The number of ether oxygens (including phenoxy) is 1. The normalized spacial score (nSPS) is 42.4. The van der Waals surface area contributed by atoms with Crippen LogP contribution >= 0.6 is 0 Å². The van der Waals surface area contributed by atoms with Crippen LogP contribution in [0.15, 0.2) is 11.6 Å². The quantitative estimate of drug-likeness (QED) is 0.511. The fourth-order valence-electron chi connectivity index (χ4n) is 2.60. The summed E-state index contributed by atoms with van der Waals surface area (Å²) in [6, 6.07) is 0. The molecule has 0 amide bonds. The van der Waals surface area contributed by atoms with Gasteiger partial charge in [0.2, 0.25) is 0 Å². The largest absolute Gasteiger partial charge is 0.461 e. The Morgan fingerprint density at radius 2 is 2.06 bits per heavy atom. The number of hydrogen-bond donors (Lipinski definition) is 2. The monoisotopic (exact) mass is 256 g/mol. The fraction of sp³-hybridized carbons (Fsp3) is 0.786. The van der Waals surface area contributed by atoms with E-state index < -0.39 is 23.6 Å². The van der Waals surface area contributed by atoms with Gasteiger partial charge in [0.05, 0.1) is 17.6 Å². The number of carbonyl (C=O) groups excluding carboxylic acids is 1. The minimum absolute atomic E-state index is 0.233. The van der Waals surface area contributed by atoms with Crippen molar-refractivity contribution in [3.8, 4) is 0 Å². The van der Waals surface area contributed by atoms with Gasteiger partial charge in [0, 0.05) is 0 Å². The number of aliphatic hydroxyl groups excluding tert-OH is 1. The summed E-state index contributed by atoms with van der Waals surface area (Å²) in [6.45, 7) is 7.41. The number of carbonyl (C=O) groups is 1. The predicted octanol–water partition coefficient (Wildman–Crippen LogP) is 1.65. The third kappa shape index (κ3) is 3.82. The number of allylic oxidation sites excluding steroid dienone is 1. The van der Waals surface area contributed by atoms with E-state index in [1.165, 1.54) is 0 Å². The molecule has 0 aromatic heterocycles. The zero-order chi connectivity index (χ0) is 13.9. The van der Waals surface area contributed by atoms with E-state index in [-0.39, 0.29) is 12.5 Å². The van der Waals surface area contributed by atoms with Crippen molar-refractivity contribution in [3.05, 3.63) is 11.6 Å². The van der Waals surface area contributed by atoms with Crippen molar-refractivity contribution in [1.29, 1.82) is 0 Å². The molecule has 0 aliphatic carbocycles. The van der Waals surface area contributed by atoms with E-state index in [1.807, 2.05) is 19.9 Å². The van der Waals surface area contributed by atoms with Crippen LogP contribution in [-0.2, 0) is 9.53 Å². The number of rotatable bonds is 0. The molecule has 1 unspecified atom stereocenters. The summed E-state index contributed by atoms with van der Waals surface area (Å²) in [6.07, 6.45) is 2.06. The lowest BCUT2D eigenvalue weighted by atomic mass is 9.81. The van der Waals surface area contributed by atoms with Crippen LogP contribution < -0.4 is 0 Å². The zero-order valence-electron chi connectivity index (χ0n) is 11.6. The molecule has 4 heteroatoms.